The van der Waals surface area contributed by atoms with Gasteiger partial charge in [-0.2, -0.15) is 0 Å². The van der Waals surface area contributed by atoms with E-state index in [1.54, 1.807) is 18.2 Å². The summed E-state index contributed by atoms with van der Waals surface area (Å²) in [5.74, 6) is -0.0295. The lowest BCUT2D eigenvalue weighted by molar-refractivity contribution is 0.0762. The number of hydrogen-bond donors (Lipinski definition) is 0. The minimum Gasteiger partial charge on any atom is -0.337 e. The molecule has 1 aromatic carbocycles. The second-order valence-electron chi connectivity index (χ2n) is 4.78. The van der Waals surface area contributed by atoms with E-state index in [9.17, 15) is 4.79 Å². The van der Waals surface area contributed by atoms with E-state index in [4.69, 9.17) is 23.2 Å². The van der Waals surface area contributed by atoms with Crippen molar-refractivity contribution in [3.05, 3.63) is 33.8 Å². The molecule has 0 spiro atoms. The number of hydrogen-bond acceptors (Lipinski definition) is 2. The quantitative estimate of drug-likeness (QED) is 0.750. The second kappa shape index (κ2) is 7.64. The molecule has 0 aliphatic carbocycles. The van der Waals surface area contributed by atoms with Gasteiger partial charge >= 0.3 is 0 Å². The number of nitrogens with zero attached hydrogens (tertiary/aromatic N) is 2. The van der Waals surface area contributed by atoms with Crippen LogP contribution in [-0.2, 0) is 0 Å². The molecule has 20 heavy (non-hydrogen) atoms. The van der Waals surface area contributed by atoms with Gasteiger partial charge in [-0.1, -0.05) is 45.2 Å². The van der Waals surface area contributed by atoms with Crippen LogP contribution in [0.1, 0.15) is 16.8 Å². The number of halogens is 3. The first kappa shape index (κ1) is 16.1. The Balaban J connectivity index is 2.07. The van der Waals surface area contributed by atoms with Gasteiger partial charge in [-0.3, -0.25) is 4.79 Å². The molecule has 0 radical (unpaired) electrons. The summed E-state index contributed by atoms with van der Waals surface area (Å²) in [5.41, 5.74) is 0.494. The number of carbonyl (C=O) groups excluding carboxylic acids is 1. The number of carbonyl (C=O) groups is 1. The van der Waals surface area contributed by atoms with E-state index in [0.717, 1.165) is 44.5 Å². The van der Waals surface area contributed by atoms with Gasteiger partial charge in [0.2, 0.25) is 0 Å². The summed E-state index contributed by atoms with van der Waals surface area (Å²) in [7, 11) is 0. The van der Waals surface area contributed by atoms with Gasteiger partial charge in [0, 0.05) is 31.5 Å². The summed E-state index contributed by atoms with van der Waals surface area (Å²) in [5, 5.41) is 1.73. The number of alkyl halides is 1. The number of amides is 1. The Bertz CT molecular complexity index is 484. The Morgan fingerprint density at radius 3 is 2.75 bits per heavy atom. The molecule has 1 aliphatic heterocycles. The van der Waals surface area contributed by atoms with Crippen molar-refractivity contribution in [1.82, 2.24) is 9.80 Å². The lowest BCUT2D eigenvalue weighted by Gasteiger charge is -2.22. The molecule has 1 heterocycles. The Morgan fingerprint density at radius 2 is 2.00 bits per heavy atom. The van der Waals surface area contributed by atoms with Crippen LogP contribution in [0.15, 0.2) is 18.2 Å². The third-order valence-electron chi connectivity index (χ3n) is 3.46. The van der Waals surface area contributed by atoms with Crippen molar-refractivity contribution in [2.24, 2.45) is 0 Å². The molecule has 6 heteroatoms. The summed E-state index contributed by atoms with van der Waals surface area (Å²) in [6.07, 6.45) is 0.983. The molecule has 2 rings (SSSR count). The standard InChI is InChI=1S/C14H17BrCl2N2O/c15-5-8-18-6-2-7-19(10-9-18)14(20)11-3-1-4-12(16)13(11)17/h1,3-4H,2,5-10H2. The highest BCUT2D eigenvalue weighted by Gasteiger charge is 2.22. The van der Waals surface area contributed by atoms with E-state index in [1.165, 1.54) is 0 Å². The van der Waals surface area contributed by atoms with Gasteiger partial charge in [0.25, 0.3) is 5.91 Å². The molecule has 1 saturated heterocycles. The first-order valence-corrected chi connectivity index (χ1v) is 8.53. The van der Waals surface area contributed by atoms with Crippen LogP contribution in [-0.4, -0.2) is 53.8 Å². The Hall–Kier alpha value is -0.290. The summed E-state index contributed by atoms with van der Waals surface area (Å²) >= 11 is 15.6. The smallest absolute Gasteiger partial charge is 0.255 e. The van der Waals surface area contributed by atoms with E-state index < -0.39 is 0 Å². The van der Waals surface area contributed by atoms with Crippen molar-refractivity contribution in [2.45, 2.75) is 6.42 Å². The van der Waals surface area contributed by atoms with E-state index in [-0.39, 0.29) is 5.91 Å². The van der Waals surface area contributed by atoms with Crippen molar-refractivity contribution in [3.8, 4) is 0 Å². The molecule has 0 bridgehead atoms. The maximum atomic E-state index is 12.5. The van der Waals surface area contributed by atoms with Crippen molar-refractivity contribution in [2.75, 3.05) is 38.1 Å². The zero-order chi connectivity index (χ0) is 14.5. The zero-order valence-electron chi connectivity index (χ0n) is 11.1. The van der Waals surface area contributed by atoms with Gasteiger partial charge in [0.1, 0.15) is 0 Å². The number of benzene rings is 1. The van der Waals surface area contributed by atoms with Gasteiger partial charge in [0.15, 0.2) is 0 Å². The molecule has 1 aliphatic rings. The summed E-state index contributed by atoms with van der Waals surface area (Å²) in [6, 6.07) is 5.19. The fraction of sp³-hybridized carbons (Fsp3) is 0.500. The molecule has 0 unspecified atom stereocenters. The predicted molar refractivity (Wildman–Crippen MR) is 87.2 cm³/mol. The van der Waals surface area contributed by atoms with Gasteiger partial charge in [0.05, 0.1) is 15.6 Å². The minimum absolute atomic E-state index is 0.0295. The highest BCUT2D eigenvalue weighted by atomic mass is 79.9. The van der Waals surface area contributed by atoms with Gasteiger partial charge in [-0.15, -0.1) is 0 Å². The van der Waals surface area contributed by atoms with E-state index in [1.807, 2.05) is 4.90 Å². The zero-order valence-corrected chi connectivity index (χ0v) is 14.2. The highest BCUT2D eigenvalue weighted by molar-refractivity contribution is 9.09. The second-order valence-corrected chi connectivity index (χ2v) is 6.36. The van der Waals surface area contributed by atoms with Crippen molar-refractivity contribution in [1.29, 1.82) is 0 Å². The minimum atomic E-state index is -0.0295. The van der Waals surface area contributed by atoms with Crippen LogP contribution < -0.4 is 0 Å². The molecule has 1 aromatic rings. The maximum Gasteiger partial charge on any atom is 0.255 e. The molecule has 3 nitrogen and oxygen atoms in total. The third-order valence-corrected chi connectivity index (χ3v) is 4.63. The topological polar surface area (TPSA) is 23.6 Å². The van der Waals surface area contributed by atoms with Crippen LogP contribution in [0.2, 0.25) is 10.0 Å². The fourth-order valence-corrected chi connectivity index (χ4v) is 3.24. The highest BCUT2D eigenvalue weighted by Crippen LogP contribution is 2.26. The van der Waals surface area contributed by atoms with Crippen molar-refractivity contribution in [3.63, 3.8) is 0 Å². The molecule has 110 valence electrons. The van der Waals surface area contributed by atoms with Gasteiger partial charge in [-0.25, -0.2) is 0 Å². The van der Waals surface area contributed by atoms with Gasteiger partial charge in [-0.05, 0) is 25.1 Å². The molecular weight excluding hydrogens is 363 g/mol. The van der Waals surface area contributed by atoms with Crippen LogP contribution in [0, 0.1) is 0 Å². The molecule has 1 fully saturated rings. The molecule has 0 atom stereocenters. The summed E-state index contributed by atoms with van der Waals surface area (Å²) < 4.78 is 0. The van der Waals surface area contributed by atoms with Crippen LogP contribution in [0.3, 0.4) is 0 Å². The predicted octanol–water partition coefficient (Wildman–Crippen LogP) is 3.54. The fourth-order valence-electron chi connectivity index (χ4n) is 2.36. The lowest BCUT2D eigenvalue weighted by atomic mass is 10.2. The van der Waals surface area contributed by atoms with Crippen molar-refractivity contribution >= 4 is 45.0 Å². The van der Waals surface area contributed by atoms with Crippen molar-refractivity contribution < 1.29 is 4.79 Å². The Labute approximate surface area is 138 Å². The average molecular weight is 380 g/mol. The summed E-state index contributed by atoms with van der Waals surface area (Å²) in [4.78, 5) is 16.8. The van der Waals surface area contributed by atoms with E-state index in [0.29, 0.717) is 15.6 Å². The Kier molecular flexibility index (Phi) is 6.15. The molecular formula is C14H17BrCl2N2O. The first-order valence-electron chi connectivity index (χ1n) is 6.65. The average Bonchev–Trinajstić information content (AvgIpc) is 2.67. The molecule has 0 saturated carbocycles. The van der Waals surface area contributed by atoms with Crippen LogP contribution >= 0.6 is 39.1 Å². The van der Waals surface area contributed by atoms with Crippen LogP contribution in [0.5, 0.6) is 0 Å². The van der Waals surface area contributed by atoms with Gasteiger partial charge < -0.3 is 9.80 Å². The van der Waals surface area contributed by atoms with Crippen LogP contribution in [0.4, 0.5) is 0 Å². The molecule has 1 amide bonds. The molecule has 0 N–H and O–H groups in total. The largest absolute Gasteiger partial charge is 0.337 e. The lowest BCUT2D eigenvalue weighted by Crippen LogP contribution is -2.35. The normalized spacial score (nSPS) is 17.1. The van der Waals surface area contributed by atoms with E-state index in [2.05, 4.69) is 20.8 Å². The SMILES string of the molecule is O=C(c1cccc(Cl)c1Cl)N1CCCN(CCBr)CC1. The molecule has 0 aromatic heterocycles. The monoisotopic (exact) mass is 378 g/mol. The first-order chi connectivity index (χ1) is 9.63. The maximum absolute atomic E-state index is 12.5. The Morgan fingerprint density at radius 1 is 1.20 bits per heavy atom. The third kappa shape index (κ3) is 3.88. The van der Waals surface area contributed by atoms with E-state index >= 15 is 0 Å². The van der Waals surface area contributed by atoms with Crippen LogP contribution in [0.25, 0.3) is 0 Å². The summed E-state index contributed by atoms with van der Waals surface area (Å²) in [6.45, 7) is 4.43. The number of rotatable bonds is 3.